The Kier molecular flexibility index (Phi) is 5.48. The Morgan fingerprint density at radius 2 is 1.86 bits per heavy atom. The van der Waals surface area contributed by atoms with Gasteiger partial charge in [-0.15, -0.1) is 0 Å². The van der Waals surface area contributed by atoms with Gasteiger partial charge in [0.15, 0.2) is 12.4 Å². The highest BCUT2D eigenvalue weighted by molar-refractivity contribution is 6.45. The van der Waals surface area contributed by atoms with Crippen LogP contribution in [0.5, 0.6) is 5.75 Å². The molecule has 1 aromatic carbocycles. The largest absolute Gasteiger partial charge is 0.480 e. The number of carboxylic acids is 1. The van der Waals surface area contributed by atoms with Crippen LogP contribution in [-0.4, -0.2) is 23.5 Å². The minimum atomic E-state index is -1.12. The van der Waals surface area contributed by atoms with Crippen LogP contribution in [0.2, 0.25) is 10.0 Å². The summed E-state index contributed by atoms with van der Waals surface area (Å²) in [6.07, 6.45) is 4.15. The summed E-state index contributed by atoms with van der Waals surface area (Å²) in [4.78, 5) is 23.0. The van der Waals surface area contributed by atoms with E-state index in [-0.39, 0.29) is 33.1 Å². The molecule has 0 bridgehead atoms. The Hall–Kier alpha value is -1.52. The highest BCUT2D eigenvalue weighted by Gasteiger charge is 2.26. The third-order valence-corrected chi connectivity index (χ3v) is 4.65. The quantitative estimate of drug-likeness (QED) is 0.615. The van der Waals surface area contributed by atoms with Gasteiger partial charge >= 0.3 is 5.97 Å². The molecule has 0 aliphatic heterocycles. The lowest BCUT2D eigenvalue weighted by atomic mass is 9.92. The topological polar surface area (TPSA) is 63.6 Å². The number of halogens is 2. The summed E-state index contributed by atoms with van der Waals surface area (Å²) >= 11 is 12.2. The molecule has 1 aromatic rings. The van der Waals surface area contributed by atoms with Crippen molar-refractivity contribution in [3.63, 3.8) is 0 Å². The van der Waals surface area contributed by atoms with Gasteiger partial charge in [0, 0.05) is 5.56 Å². The molecule has 1 N–H and O–H groups in total. The highest BCUT2D eigenvalue weighted by atomic mass is 35.5. The first-order valence-electron chi connectivity index (χ1n) is 6.98. The van der Waals surface area contributed by atoms with E-state index in [1.54, 1.807) is 0 Å². The van der Waals surface area contributed by atoms with E-state index in [0.29, 0.717) is 5.57 Å². The van der Waals surface area contributed by atoms with Crippen molar-refractivity contribution in [2.24, 2.45) is 5.92 Å². The van der Waals surface area contributed by atoms with E-state index in [1.807, 2.05) is 0 Å². The molecule has 1 fully saturated rings. The number of ketones is 1. The maximum absolute atomic E-state index is 12.5. The normalized spacial score (nSPS) is 14.8. The Balaban J connectivity index is 2.21. The lowest BCUT2D eigenvalue weighted by Crippen LogP contribution is -2.12. The van der Waals surface area contributed by atoms with E-state index in [9.17, 15) is 9.59 Å². The fourth-order valence-corrected chi connectivity index (χ4v) is 3.05. The van der Waals surface area contributed by atoms with Crippen LogP contribution >= 0.6 is 23.2 Å². The van der Waals surface area contributed by atoms with Crippen molar-refractivity contribution < 1.29 is 19.4 Å². The number of aliphatic carboxylic acids is 1. The molecule has 0 heterocycles. The molecular formula is C16H16Cl2O4. The molecule has 0 atom stereocenters. The second kappa shape index (κ2) is 7.16. The van der Waals surface area contributed by atoms with Crippen LogP contribution in [0.1, 0.15) is 36.0 Å². The maximum Gasteiger partial charge on any atom is 0.341 e. The Labute approximate surface area is 138 Å². The molecule has 0 saturated heterocycles. The fourth-order valence-electron chi connectivity index (χ4n) is 2.59. The van der Waals surface area contributed by atoms with Gasteiger partial charge in [-0.2, -0.15) is 0 Å². The number of ether oxygens (including phenoxy) is 1. The smallest absolute Gasteiger partial charge is 0.341 e. The van der Waals surface area contributed by atoms with Crippen molar-refractivity contribution in [3.8, 4) is 5.75 Å². The van der Waals surface area contributed by atoms with E-state index >= 15 is 0 Å². The first kappa shape index (κ1) is 16.8. The van der Waals surface area contributed by atoms with Gasteiger partial charge in [0.05, 0.1) is 5.02 Å². The molecule has 6 heteroatoms. The fraction of sp³-hybridized carbons (Fsp3) is 0.375. The van der Waals surface area contributed by atoms with Gasteiger partial charge in [-0.05, 0) is 36.5 Å². The molecule has 0 amide bonds. The minimum absolute atomic E-state index is 0.0352. The number of hydrogen-bond acceptors (Lipinski definition) is 3. The molecule has 1 saturated carbocycles. The van der Waals surface area contributed by atoms with E-state index in [2.05, 4.69) is 6.58 Å². The Bertz CT molecular complexity index is 619. The monoisotopic (exact) mass is 342 g/mol. The summed E-state index contributed by atoms with van der Waals surface area (Å²) < 4.78 is 5.02. The van der Waals surface area contributed by atoms with E-state index in [1.165, 1.54) is 12.1 Å². The van der Waals surface area contributed by atoms with Crippen molar-refractivity contribution in [3.05, 3.63) is 39.9 Å². The van der Waals surface area contributed by atoms with Gasteiger partial charge < -0.3 is 9.84 Å². The second-order valence-electron chi connectivity index (χ2n) is 5.26. The number of Topliss-reactive ketones (excluding diaryl/α,β-unsaturated/α-hetero) is 1. The third-order valence-electron chi connectivity index (χ3n) is 3.78. The number of carbonyl (C=O) groups excluding carboxylic acids is 1. The van der Waals surface area contributed by atoms with Crippen LogP contribution < -0.4 is 4.74 Å². The first-order chi connectivity index (χ1) is 10.4. The summed E-state index contributed by atoms with van der Waals surface area (Å²) in [6.45, 7) is 3.38. The van der Waals surface area contributed by atoms with Crippen LogP contribution in [0.25, 0.3) is 0 Å². The average molecular weight is 343 g/mol. The molecule has 0 spiro atoms. The molecule has 118 valence electrons. The number of carbonyl (C=O) groups is 2. The van der Waals surface area contributed by atoms with Gasteiger partial charge in [0.25, 0.3) is 0 Å². The molecule has 0 aromatic heterocycles. The lowest BCUT2D eigenvalue weighted by molar-refractivity contribution is -0.139. The molecule has 0 radical (unpaired) electrons. The standard InChI is InChI=1S/C16H16Cl2O4/c1-9(10-4-2-3-5-10)16(21)11-6-7-12(15(18)14(11)17)22-8-13(19)20/h6-7,10H,1-5,8H2,(H,19,20). The van der Waals surface area contributed by atoms with Crippen LogP contribution in [-0.2, 0) is 4.79 Å². The summed E-state index contributed by atoms with van der Waals surface area (Å²) in [5, 5.41) is 8.70. The van der Waals surface area contributed by atoms with Gasteiger partial charge in [-0.3, -0.25) is 4.79 Å². The predicted molar refractivity (Wildman–Crippen MR) is 85.0 cm³/mol. The summed E-state index contributed by atoms with van der Waals surface area (Å²) in [5.41, 5.74) is 0.820. The number of rotatable bonds is 6. The molecule has 1 aliphatic carbocycles. The van der Waals surface area contributed by atoms with Crippen molar-refractivity contribution >= 4 is 35.0 Å². The van der Waals surface area contributed by atoms with Gasteiger partial charge in [-0.25, -0.2) is 4.79 Å². The van der Waals surface area contributed by atoms with Crippen molar-refractivity contribution in [1.29, 1.82) is 0 Å². The molecule has 2 rings (SSSR count). The second-order valence-corrected chi connectivity index (χ2v) is 6.01. The van der Waals surface area contributed by atoms with Crippen molar-refractivity contribution in [2.45, 2.75) is 25.7 Å². The van der Waals surface area contributed by atoms with E-state index in [4.69, 9.17) is 33.0 Å². The molecule has 22 heavy (non-hydrogen) atoms. The molecular weight excluding hydrogens is 327 g/mol. The van der Waals surface area contributed by atoms with Gasteiger partial charge in [0.2, 0.25) is 0 Å². The van der Waals surface area contributed by atoms with Crippen molar-refractivity contribution in [2.75, 3.05) is 6.61 Å². The van der Waals surface area contributed by atoms with E-state index in [0.717, 1.165) is 25.7 Å². The SMILES string of the molecule is C=C(C(=O)c1ccc(OCC(=O)O)c(Cl)c1Cl)C1CCCC1. The lowest BCUT2D eigenvalue weighted by Gasteiger charge is -2.14. The van der Waals surface area contributed by atoms with Gasteiger partial charge in [-0.1, -0.05) is 42.6 Å². The average Bonchev–Trinajstić information content (AvgIpc) is 3.01. The maximum atomic E-state index is 12.5. The molecule has 4 nitrogen and oxygen atoms in total. The summed E-state index contributed by atoms with van der Waals surface area (Å²) in [5.74, 6) is -1.01. The Morgan fingerprint density at radius 1 is 1.23 bits per heavy atom. The van der Waals surface area contributed by atoms with Crippen LogP contribution in [0, 0.1) is 5.92 Å². The van der Waals surface area contributed by atoms with Crippen LogP contribution in [0.15, 0.2) is 24.3 Å². The van der Waals surface area contributed by atoms with Crippen molar-refractivity contribution in [1.82, 2.24) is 0 Å². The zero-order valence-corrected chi connectivity index (χ0v) is 13.4. The first-order valence-corrected chi connectivity index (χ1v) is 7.73. The molecule has 1 aliphatic rings. The molecule has 0 unspecified atom stereocenters. The highest BCUT2D eigenvalue weighted by Crippen LogP contribution is 2.38. The van der Waals surface area contributed by atoms with Gasteiger partial charge in [0.1, 0.15) is 10.8 Å². The zero-order chi connectivity index (χ0) is 16.3. The Morgan fingerprint density at radius 3 is 2.45 bits per heavy atom. The zero-order valence-electron chi connectivity index (χ0n) is 11.9. The minimum Gasteiger partial charge on any atom is -0.480 e. The number of allylic oxidation sites excluding steroid dienone is 1. The number of carboxylic acid groups (broad SMARTS) is 1. The summed E-state index contributed by atoms with van der Waals surface area (Å²) in [6, 6.07) is 2.94. The predicted octanol–water partition coefficient (Wildman–Crippen LogP) is 4.39. The number of hydrogen-bond donors (Lipinski definition) is 1. The van der Waals surface area contributed by atoms with E-state index < -0.39 is 12.6 Å². The number of benzene rings is 1. The summed E-state index contributed by atoms with van der Waals surface area (Å²) in [7, 11) is 0. The van der Waals surface area contributed by atoms with Crippen LogP contribution in [0.4, 0.5) is 0 Å². The third kappa shape index (κ3) is 3.62. The van der Waals surface area contributed by atoms with Crippen LogP contribution in [0.3, 0.4) is 0 Å².